The lowest BCUT2D eigenvalue weighted by Crippen LogP contribution is -2.31. The van der Waals surface area contributed by atoms with Gasteiger partial charge in [-0.2, -0.15) is 0 Å². The number of nitrogens with zero attached hydrogens (tertiary/aromatic N) is 4. The molecule has 1 N–H and O–H groups in total. The van der Waals surface area contributed by atoms with Gasteiger partial charge in [-0.3, -0.25) is 14.2 Å². The molecule has 2 aromatic heterocycles. The van der Waals surface area contributed by atoms with Crippen molar-refractivity contribution in [3.8, 4) is 0 Å². The van der Waals surface area contributed by atoms with Gasteiger partial charge in [0.2, 0.25) is 5.95 Å². The van der Waals surface area contributed by atoms with E-state index in [1.54, 1.807) is 11.3 Å². The molecule has 3 aromatic rings. The van der Waals surface area contributed by atoms with Gasteiger partial charge in [0, 0.05) is 47.8 Å². The minimum Gasteiger partial charge on any atom is -0.352 e. The van der Waals surface area contributed by atoms with Crippen LogP contribution in [0.1, 0.15) is 82.2 Å². The van der Waals surface area contributed by atoms with E-state index >= 15 is 0 Å². The number of rotatable bonds is 12. The monoisotopic (exact) mass is 543 g/mol. The van der Waals surface area contributed by atoms with Gasteiger partial charge in [-0.25, -0.2) is 0 Å². The van der Waals surface area contributed by atoms with Gasteiger partial charge in [-0.1, -0.05) is 30.3 Å². The van der Waals surface area contributed by atoms with Crippen molar-refractivity contribution in [3.05, 3.63) is 63.1 Å². The number of ketones is 1. The first kappa shape index (κ1) is 25.0. The Kier molecular flexibility index (Phi) is 6.75. The number of benzene rings is 1. The maximum Gasteiger partial charge on any atom is 0.252 e. The molecule has 3 fully saturated rings. The van der Waals surface area contributed by atoms with Crippen LogP contribution < -0.4 is 10.2 Å². The second-order valence-corrected chi connectivity index (χ2v) is 13.3. The zero-order chi connectivity index (χ0) is 26.3. The lowest BCUT2D eigenvalue weighted by atomic mass is 9.90. The Bertz CT molecular complexity index is 1350. The summed E-state index contributed by atoms with van der Waals surface area (Å²) < 4.78 is 2.26. The zero-order valence-electron chi connectivity index (χ0n) is 22.5. The van der Waals surface area contributed by atoms with E-state index in [0.29, 0.717) is 18.1 Å². The fourth-order valence-electron chi connectivity index (χ4n) is 5.96. The topological polar surface area (TPSA) is 80.1 Å². The highest BCUT2D eigenvalue weighted by atomic mass is 32.1. The highest BCUT2D eigenvalue weighted by Gasteiger charge is 2.35. The van der Waals surface area contributed by atoms with E-state index < -0.39 is 0 Å². The molecular weight excluding hydrogens is 506 g/mol. The number of hydrogen-bond donors (Lipinski definition) is 1. The van der Waals surface area contributed by atoms with Gasteiger partial charge in [0.15, 0.2) is 0 Å². The van der Waals surface area contributed by atoms with Crippen LogP contribution >= 0.6 is 11.3 Å². The molecule has 204 valence electrons. The molecule has 3 saturated carbocycles. The van der Waals surface area contributed by atoms with Gasteiger partial charge in [0.1, 0.15) is 12.1 Å². The van der Waals surface area contributed by atoms with E-state index in [0.717, 1.165) is 79.6 Å². The minimum absolute atomic E-state index is 0.0158. The first-order valence-electron chi connectivity index (χ1n) is 14.7. The molecule has 8 heteroatoms. The summed E-state index contributed by atoms with van der Waals surface area (Å²) in [6.07, 6.45) is 12.0. The Morgan fingerprint density at radius 3 is 2.56 bits per heavy atom. The van der Waals surface area contributed by atoms with Crippen molar-refractivity contribution in [2.24, 2.45) is 17.8 Å². The first-order valence-corrected chi connectivity index (χ1v) is 15.6. The Hall–Kier alpha value is -3.00. The number of aryl methyl sites for hydroxylation is 1. The number of carbonyl (C=O) groups excluding carboxylic acids is 2. The lowest BCUT2D eigenvalue weighted by molar-refractivity contribution is -0.119. The quantitative estimate of drug-likeness (QED) is 0.342. The standard InChI is InChI=1S/C31H37N5O2S/c37-26(23-10-11-23)15-28-29(30(38)32-16-20-6-7-20)25-14-24(12-13-27(25)39-28)36-19-33-34-31(36)35(18-22-8-9-22)17-21-4-2-1-3-5-21/h1-5,19-20,22-24H,6-18H2,(H,32,38)/t24-/m0/s1. The Morgan fingerprint density at radius 2 is 1.82 bits per heavy atom. The van der Waals surface area contributed by atoms with Gasteiger partial charge in [0.25, 0.3) is 5.91 Å². The van der Waals surface area contributed by atoms with E-state index in [-0.39, 0.29) is 17.9 Å². The normalized spacial score (nSPS) is 20.5. The molecule has 7 rings (SSSR count). The van der Waals surface area contributed by atoms with Crippen molar-refractivity contribution >= 4 is 29.0 Å². The summed E-state index contributed by atoms with van der Waals surface area (Å²) in [7, 11) is 0. The summed E-state index contributed by atoms with van der Waals surface area (Å²) in [5.74, 6) is 2.80. The molecule has 39 heavy (non-hydrogen) atoms. The molecule has 2 heterocycles. The number of hydrogen-bond acceptors (Lipinski definition) is 6. The van der Waals surface area contributed by atoms with Crippen LogP contribution in [0.4, 0.5) is 5.95 Å². The molecule has 0 saturated heterocycles. The number of anilines is 1. The maximum atomic E-state index is 13.5. The summed E-state index contributed by atoms with van der Waals surface area (Å²) >= 11 is 1.71. The Morgan fingerprint density at radius 1 is 1.03 bits per heavy atom. The number of amides is 1. The van der Waals surface area contributed by atoms with E-state index in [1.165, 1.54) is 36.1 Å². The molecule has 0 spiro atoms. The van der Waals surface area contributed by atoms with Crippen molar-refractivity contribution in [1.29, 1.82) is 0 Å². The van der Waals surface area contributed by atoms with Crippen LogP contribution in [0.25, 0.3) is 0 Å². The number of aromatic nitrogens is 3. The Labute approximate surface area is 234 Å². The first-order chi connectivity index (χ1) is 19.1. The second kappa shape index (κ2) is 10.5. The average molecular weight is 544 g/mol. The average Bonchev–Trinajstić information content (AvgIpc) is 3.84. The second-order valence-electron chi connectivity index (χ2n) is 12.1. The molecule has 0 radical (unpaired) electrons. The van der Waals surface area contributed by atoms with Crippen LogP contribution in [-0.4, -0.2) is 39.5 Å². The van der Waals surface area contributed by atoms with Gasteiger partial charge >= 0.3 is 0 Å². The smallest absolute Gasteiger partial charge is 0.252 e. The number of nitrogens with one attached hydrogen (secondary N) is 1. The van der Waals surface area contributed by atoms with Crippen LogP contribution in [0.5, 0.6) is 0 Å². The van der Waals surface area contributed by atoms with Crippen molar-refractivity contribution in [2.45, 2.75) is 76.8 Å². The lowest BCUT2D eigenvalue weighted by Gasteiger charge is -2.29. The van der Waals surface area contributed by atoms with Crippen LogP contribution in [0.3, 0.4) is 0 Å². The molecule has 4 aliphatic rings. The number of fused-ring (bicyclic) bond motifs is 1. The number of Topliss-reactive ketones (excluding diaryl/α,β-unsaturated/α-hetero) is 1. The van der Waals surface area contributed by atoms with Gasteiger partial charge < -0.3 is 10.2 Å². The molecular formula is C31H37N5O2S. The Balaban J connectivity index is 1.16. The van der Waals surface area contributed by atoms with Crippen LogP contribution in [0.15, 0.2) is 36.7 Å². The fourth-order valence-corrected chi connectivity index (χ4v) is 7.31. The largest absolute Gasteiger partial charge is 0.352 e. The summed E-state index contributed by atoms with van der Waals surface area (Å²) in [6, 6.07) is 10.8. The van der Waals surface area contributed by atoms with Gasteiger partial charge in [-0.05, 0) is 80.8 Å². The SMILES string of the molecule is O=C(NCC1CC1)c1c(CC(=O)C2CC2)sc2c1C[C@@H](n1cnnc1N(Cc1ccccc1)CC1CC1)CC2. The molecule has 0 unspecified atom stereocenters. The summed E-state index contributed by atoms with van der Waals surface area (Å²) in [5.41, 5.74) is 3.22. The number of thiophene rings is 1. The highest BCUT2D eigenvalue weighted by Crippen LogP contribution is 2.41. The van der Waals surface area contributed by atoms with Gasteiger partial charge in [-0.15, -0.1) is 21.5 Å². The predicted octanol–water partition coefficient (Wildman–Crippen LogP) is 5.15. The van der Waals surface area contributed by atoms with Crippen molar-refractivity contribution in [3.63, 3.8) is 0 Å². The van der Waals surface area contributed by atoms with E-state index in [2.05, 4.69) is 55.3 Å². The third-order valence-corrected chi connectivity index (χ3v) is 10.1. The van der Waals surface area contributed by atoms with Gasteiger partial charge in [0.05, 0.1) is 5.56 Å². The van der Waals surface area contributed by atoms with Crippen LogP contribution in [0, 0.1) is 17.8 Å². The molecule has 0 bridgehead atoms. The molecule has 1 aromatic carbocycles. The molecule has 1 amide bonds. The van der Waals surface area contributed by atoms with E-state index in [4.69, 9.17) is 0 Å². The third-order valence-electron chi connectivity index (χ3n) is 8.77. The molecule has 0 aliphatic heterocycles. The van der Waals surface area contributed by atoms with Crippen LogP contribution in [0.2, 0.25) is 0 Å². The summed E-state index contributed by atoms with van der Waals surface area (Å²) in [4.78, 5) is 31.0. The molecule has 4 aliphatic carbocycles. The summed E-state index contributed by atoms with van der Waals surface area (Å²) in [5, 5.41) is 12.2. The number of carbonyl (C=O) groups is 2. The van der Waals surface area contributed by atoms with E-state index in [1.807, 2.05) is 6.33 Å². The van der Waals surface area contributed by atoms with Crippen molar-refractivity contribution in [1.82, 2.24) is 20.1 Å². The molecule has 7 nitrogen and oxygen atoms in total. The van der Waals surface area contributed by atoms with Crippen molar-refractivity contribution in [2.75, 3.05) is 18.0 Å². The minimum atomic E-state index is 0.0158. The molecule has 1 atom stereocenters. The fraction of sp³-hybridized carbons (Fsp3) is 0.548. The third kappa shape index (κ3) is 5.67. The summed E-state index contributed by atoms with van der Waals surface area (Å²) in [6.45, 7) is 2.55. The zero-order valence-corrected chi connectivity index (χ0v) is 23.3. The van der Waals surface area contributed by atoms with Crippen LogP contribution in [-0.2, 0) is 30.6 Å². The maximum absolute atomic E-state index is 13.5. The predicted molar refractivity (Wildman–Crippen MR) is 152 cm³/mol. The highest BCUT2D eigenvalue weighted by molar-refractivity contribution is 7.12. The van der Waals surface area contributed by atoms with Crippen molar-refractivity contribution < 1.29 is 9.59 Å². The van der Waals surface area contributed by atoms with E-state index in [9.17, 15) is 9.59 Å².